The highest BCUT2D eigenvalue weighted by Crippen LogP contribution is 2.29. The van der Waals surface area contributed by atoms with E-state index >= 15 is 0 Å². The number of benzene rings is 1. The van der Waals surface area contributed by atoms with Crippen LogP contribution in [0.15, 0.2) is 23.6 Å². The third-order valence-corrected chi connectivity index (χ3v) is 5.28. The first-order valence-corrected chi connectivity index (χ1v) is 9.56. The number of rotatable bonds is 5. The van der Waals surface area contributed by atoms with Gasteiger partial charge in [0, 0.05) is 31.6 Å². The minimum atomic E-state index is -0.724. The Balaban J connectivity index is 1.73. The zero-order valence-corrected chi connectivity index (χ0v) is 15.4. The molecule has 0 radical (unpaired) electrons. The molecular formula is C18H20F2N4O2S. The molecule has 144 valence electrons. The summed E-state index contributed by atoms with van der Waals surface area (Å²) in [5, 5.41) is 4.34. The van der Waals surface area contributed by atoms with Gasteiger partial charge in [-0.3, -0.25) is 9.59 Å². The van der Waals surface area contributed by atoms with Crippen molar-refractivity contribution in [2.75, 3.05) is 26.2 Å². The summed E-state index contributed by atoms with van der Waals surface area (Å²) < 4.78 is 27.8. The summed E-state index contributed by atoms with van der Waals surface area (Å²) in [6.45, 7) is 1.55. The van der Waals surface area contributed by atoms with Crippen LogP contribution in [0, 0.1) is 17.6 Å². The number of carbonyl (C=O) groups is 2. The van der Waals surface area contributed by atoms with Gasteiger partial charge in [-0.2, -0.15) is 0 Å². The van der Waals surface area contributed by atoms with Crippen LogP contribution in [0.2, 0.25) is 0 Å². The molecule has 9 heteroatoms. The van der Waals surface area contributed by atoms with E-state index < -0.39 is 11.6 Å². The maximum absolute atomic E-state index is 13.9. The van der Waals surface area contributed by atoms with E-state index in [1.54, 1.807) is 4.90 Å². The fourth-order valence-corrected chi connectivity index (χ4v) is 3.91. The molecule has 1 aromatic carbocycles. The average Bonchev–Trinajstić information content (AvgIpc) is 3.15. The van der Waals surface area contributed by atoms with E-state index in [1.807, 2.05) is 0 Å². The lowest BCUT2D eigenvalue weighted by Gasteiger charge is -2.31. The Morgan fingerprint density at radius 3 is 2.78 bits per heavy atom. The van der Waals surface area contributed by atoms with Crippen molar-refractivity contribution in [2.45, 2.75) is 12.8 Å². The molecule has 1 saturated heterocycles. The highest BCUT2D eigenvalue weighted by atomic mass is 32.1. The number of thiazole rings is 1. The van der Waals surface area contributed by atoms with Gasteiger partial charge in [0.05, 0.1) is 11.5 Å². The van der Waals surface area contributed by atoms with E-state index in [4.69, 9.17) is 5.73 Å². The van der Waals surface area contributed by atoms with Crippen LogP contribution in [0.1, 0.15) is 23.3 Å². The number of aromatic nitrogens is 1. The van der Waals surface area contributed by atoms with Crippen LogP contribution in [-0.2, 0) is 4.79 Å². The molecule has 1 aliphatic rings. The molecule has 2 aromatic rings. The molecule has 3 rings (SSSR count). The van der Waals surface area contributed by atoms with E-state index in [2.05, 4.69) is 10.3 Å². The van der Waals surface area contributed by atoms with Crippen LogP contribution < -0.4 is 11.1 Å². The molecule has 1 atom stereocenters. The second kappa shape index (κ2) is 8.53. The highest BCUT2D eigenvalue weighted by Gasteiger charge is 2.30. The number of nitrogens with two attached hydrogens (primary N) is 1. The maximum Gasteiger partial charge on any atom is 0.273 e. The number of nitrogens with zero attached hydrogens (tertiary/aromatic N) is 2. The topological polar surface area (TPSA) is 88.3 Å². The SMILES string of the molecule is NCCNC(=O)C1CCCN(C(=O)c2csc(-c3c(F)cccc3F)n2)C1. The molecule has 0 spiro atoms. The minimum absolute atomic E-state index is 0.114. The van der Waals surface area contributed by atoms with Gasteiger partial charge >= 0.3 is 0 Å². The number of hydrogen-bond acceptors (Lipinski definition) is 5. The molecule has 6 nitrogen and oxygen atoms in total. The van der Waals surface area contributed by atoms with E-state index in [-0.39, 0.29) is 40.5 Å². The van der Waals surface area contributed by atoms with Crippen LogP contribution in [-0.4, -0.2) is 47.9 Å². The Hall–Kier alpha value is -2.39. The number of carbonyl (C=O) groups excluding carboxylic acids is 2. The van der Waals surface area contributed by atoms with E-state index in [1.165, 1.54) is 11.4 Å². The van der Waals surface area contributed by atoms with Gasteiger partial charge in [0.15, 0.2) is 0 Å². The molecule has 0 saturated carbocycles. The molecule has 1 fully saturated rings. The number of hydrogen-bond donors (Lipinski definition) is 2. The monoisotopic (exact) mass is 394 g/mol. The summed E-state index contributed by atoms with van der Waals surface area (Å²) in [6.07, 6.45) is 1.40. The van der Waals surface area contributed by atoms with Crippen LogP contribution in [0.25, 0.3) is 10.6 Å². The first kappa shape index (κ1) is 19.4. The van der Waals surface area contributed by atoms with Gasteiger partial charge in [-0.25, -0.2) is 13.8 Å². The quantitative estimate of drug-likeness (QED) is 0.812. The van der Waals surface area contributed by atoms with Crippen molar-refractivity contribution in [1.29, 1.82) is 0 Å². The molecule has 27 heavy (non-hydrogen) atoms. The molecule has 0 aliphatic carbocycles. The Morgan fingerprint density at radius 1 is 1.33 bits per heavy atom. The van der Waals surface area contributed by atoms with Gasteiger partial charge in [-0.05, 0) is 25.0 Å². The predicted octanol–water partition coefficient (Wildman–Crippen LogP) is 2.02. The van der Waals surface area contributed by atoms with E-state index in [0.717, 1.165) is 23.5 Å². The Morgan fingerprint density at radius 2 is 2.07 bits per heavy atom. The van der Waals surface area contributed by atoms with Gasteiger partial charge in [-0.1, -0.05) is 6.07 Å². The Kier molecular flexibility index (Phi) is 6.12. The summed E-state index contributed by atoms with van der Waals surface area (Å²) in [4.78, 5) is 30.5. The van der Waals surface area contributed by atoms with Gasteiger partial charge < -0.3 is 16.0 Å². The minimum Gasteiger partial charge on any atom is -0.355 e. The lowest BCUT2D eigenvalue weighted by atomic mass is 9.97. The second-order valence-electron chi connectivity index (χ2n) is 6.30. The van der Waals surface area contributed by atoms with Crippen molar-refractivity contribution in [1.82, 2.24) is 15.2 Å². The largest absolute Gasteiger partial charge is 0.355 e. The smallest absolute Gasteiger partial charge is 0.273 e. The van der Waals surface area contributed by atoms with Crippen molar-refractivity contribution in [2.24, 2.45) is 11.7 Å². The predicted molar refractivity (Wildman–Crippen MR) is 98.2 cm³/mol. The van der Waals surface area contributed by atoms with Gasteiger partial charge in [-0.15, -0.1) is 11.3 Å². The number of halogens is 2. The number of nitrogens with one attached hydrogen (secondary N) is 1. The Labute approximate surface area is 159 Å². The van der Waals surface area contributed by atoms with Crippen molar-refractivity contribution >= 4 is 23.2 Å². The van der Waals surface area contributed by atoms with Crippen molar-refractivity contribution in [3.8, 4) is 10.6 Å². The maximum atomic E-state index is 13.9. The van der Waals surface area contributed by atoms with Gasteiger partial charge in [0.2, 0.25) is 5.91 Å². The standard InChI is InChI=1S/C18H20F2N4O2S/c19-12-4-1-5-13(20)15(12)17-23-14(10-27-17)18(26)24-8-2-3-11(9-24)16(25)22-7-6-21/h1,4-5,10-11H,2-3,6-9,21H2,(H,22,25). The fourth-order valence-electron chi connectivity index (χ4n) is 3.07. The summed E-state index contributed by atoms with van der Waals surface area (Å²) in [7, 11) is 0. The first-order chi connectivity index (χ1) is 13.0. The molecule has 1 aromatic heterocycles. The molecule has 2 amide bonds. The first-order valence-electron chi connectivity index (χ1n) is 8.68. The third-order valence-electron chi connectivity index (χ3n) is 4.42. The molecule has 0 bridgehead atoms. The van der Waals surface area contributed by atoms with Crippen molar-refractivity contribution < 1.29 is 18.4 Å². The lowest BCUT2D eigenvalue weighted by Crippen LogP contribution is -2.46. The lowest BCUT2D eigenvalue weighted by molar-refractivity contribution is -0.126. The van der Waals surface area contributed by atoms with E-state index in [0.29, 0.717) is 32.5 Å². The third kappa shape index (κ3) is 4.30. The van der Waals surface area contributed by atoms with Crippen LogP contribution in [0.3, 0.4) is 0 Å². The van der Waals surface area contributed by atoms with Gasteiger partial charge in [0.1, 0.15) is 22.3 Å². The normalized spacial score (nSPS) is 17.0. The number of likely N-dealkylation sites (tertiary alicyclic amines) is 1. The molecule has 2 heterocycles. The molecule has 1 unspecified atom stereocenters. The van der Waals surface area contributed by atoms with Crippen molar-refractivity contribution in [3.63, 3.8) is 0 Å². The highest BCUT2D eigenvalue weighted by molar-refractivity contribution is 7.13. The van der Waals surface area contributed by atoms with Gasteiger partial charge in [0.25, 0.3) is 5.91 Å². The molecular weight excluding hydrogens is 374 g/mol. The molecule has 1 aliphatic heterocycles. The summed E-state index contributed by atoms with van der Waals surface area (Å²) >= 11 is 1.01. The zero-order chi connectivity index (χ0) is 19.4. The van der Waals surface area contributed by atoms with Crippen LogP contribution in [0.4, 0.5) is 8.78 Å². The van der Waals surface area contributed by atoms with Crippen LogP contribution >= 0.6 is 11.3 Å². The zero-order valence-electron chi connectivity index (χ0n) is 14.6. The summed E-state index contributed by atoms with van der Waals surface area (Å²) in [6, 6.07) is 3.57. The Bertz CT molecular complexity index is 822. The summed E-state index contributed by atoms with van der Waals surface area (Å²) in [5.74, 6) is -2.21. The van der Waals surface area contributed by atoms with E-state index in [9.17, 15) is 18.4 Å². The van der Waals surface area contributed by atoms with Crippen LogP contribution in [0.5, 0.6) is 0 Å². The summed E-state index contributed by atoms with van der Waals surface area (Å²) in [5.41, 5.74) is 5.28. The fraction of sp³-hybridized carbons (Fsp3) is 0.389. The molecule has 3 N–H and O–H groups in total. The number of piperidine rings is 1. The average molecular weight is 394 g/mol. The second-order valence-corrected chi connectivity index (χ2v) is 7.16. The number of amides is 2. The van der Waals surface area contributed by atoms with Crippen molar-refractivity contribution in [3.05, 3.63) is 40.9 Å².